The molecule has 0 saturated heterocycles. The molecule has 13 heavy (non-hydrogen) atoms. The predicted molar refractivity (Wildman–Crippen MR) is 54.4 cm³/mol. The molecule has 0 spiro atoms. The number of benzene rings is 1. The summed E-state index contributed by atoms with van der Waals surface area (Å²) in [6.07, 6.45) is -2.35. The fraction of sp³-hybridized carbons (Fsp3) is 0.400. The van der Waals surface area contributed by atoms with Gasteiger partial charge in [0.25, 0.3) is 6.43 Å². The number of alkyl halides is 2. The molecule has 1 rings (SSSR count). The largest absolute Gasteiger partial charge is 0.263 e. The molecule has 0 radical (unpaired) electrons. The van der Waals surface area contributed by atoms with E-state index in [0.29, 0.717) is 0 Å². The van der Waals surface area contributed by atoms with Crippen LogP contribution in [0.2, 0.25) is 19.6 Å². The van der Waals surface area contributed by atoms with Crippen molar-refractivity contribution in [3.63, 3.8) is 0 Å². The highest BCUT2D eigenvalue weighted by atomic mass is 28.3. The average molecular weight is 200 g/mol. The van der Waals surface area contributed by atoms with Gasteiger partial charge in [-0.1, -0.05) is 49.1 Å². The van der Waals surface area contributed by atoms with Crippen molar-refractivity contribution >= 4 is 13.3 Å². The molecule has 0 aliphatic carbocycles. The second kappa shape index (κ2) is 3.58. The van der Waals surface area contributed by atoms with E-state index < -0.39 is 14.5 Å². The molecule has 1 aromatic carbocycles. The smallest absolute Gasteiger partial charge is 0.205 e. The monoisotopic (exact) mass is 200 g/mol. The van der Waals surface area contributed by atoms with Gasteiger partial charge < -0.3 is 0 Å². The first-order valence-electron chi connectivity index (χ1n) is 4.30. The number of hydrogen-bond donors (Lipinski definition) is 0. The van der Waals surface area contributed by atoms with Crippen LogP contribution >= 0.6 is 0 Å². The highest BCUT2D eigenvalue weighted by Gasteiger charge is 2.16. The second-order valence-corrected chi connectivity index (χ2v) is 9.25. The van der Waals surface area contributed by atoms with Crippen LogP contribution in [0, 0.1) is 0 Å². The minimum absolute atomic E-state index is 0.113. The lowest BCUT2D eigenvalue weighted by molar-refractivity contribution is 0.151. The first kappa shape index (κ1) is 10.4. The van der Waals surface area contributed by atoms with Crippen LogP contribution < -0.4 is 5.19 Å². The quantitative estimate of drug-likeness (QED) is 0.643. The molecular formula is C10H14F2Si. The number of hydrogen-bond acceptors (Lipinski definition) is 0. The summed E-state index contributed by atoms with van der Waals surface area (Å²) in [6, 6.07) is 6.71. The molecule has 0 atom stereocenters. The van der Waals surface area contributed by atoms with E-state index >= 15 is 0 Å². The Kier molecular flexibility index (Phi) is 2.86. The Morgan fingerprint density at radius 2 is 1.46 bits per heavy atom. The third-order valence-corrected chi connectivity index (χ3v) is 4.09. The summed E-state index contributed by atoms with van der Waals surface area (Å²) in [4.78, 5) is 0. The summed E-state index contributed by atoms with van der Waals surface area (Å²) in [5.74, 6) is 0. The molecule has 0 bridgehead atoms. The Balaban J connectivity index is 2.94. The van der Waals surface area contributed by atoms with E-state index in [0.717, 1.165) is 0 Å². The highest BCUT2D eigenvalue weighted by molar-refractivity contribution is 6.88. The van der Waals surface area contributed by atoms with E-state index in [1.807, 2.05) is 12.1 Å². The van der Waals surface area contributed by atoms with Crippen LogP contribution in [0.25, 0.3) is 0 Å². The van der Waals surface area contributed by atoms with Crippen LogP contribution in [0.3, 0.4) is 0 Å². The normalized spacial score (nSPS) is 12.2. The molecule has 0 aliphatic heterocycles. The third-order valence-electron chi connectivity index (χ3n) is 2.03. The van der Waals surface area contributed by atoms with Gasteiger partial charge in [0.15, 0.2) is 0 Å². The second-order valence-electron chi connectivity index (χ2n) is 4.17. The molecular weight excluding hydrogens is 186 g/mol. The van der Waals surface area contributed by atoms with Gasteiger partial charge >= 0.3 is 0 Å². The lowest BCUT2D eigenvalue weighted by Crippen LogP contribution is -2.37. The lowest BCUT2D eigenvalue weighted by Gasteiger charge is -2.16. The summed E-state index contributed by atoms with van der Waals surface area (Å²) in [6.45, 7) is 6.60. The van der Waals surface area contributed by atoms with Crippen LogP contribution in [0.1, 0.15) is 12.0 Å². The van der Waals surface area contributed by atoms with Crippen LogP contribution in [0.5, 0.6) is 0 Å². The van der Waals surface area contributed by atoms with E-state index in [1.165, 1.54) is 17.3 Å². The molecule has 72 valence electrons. The van der Waals surface area contributed by atoms with Gasteiger partial charge in [-0.15, -0.1) is 0 Å². The van der Waals surface area contributed by atoms with E-state index in [9.17, 15) is 8.78 Å². The van der Waals surface area contributed by atoms with Gasteiger partial charge in [0, 0.05) is 5.56 Å². The molecule has 0 aromatic heterocycles. The maximum absolute atomic E-state index is 12.2. The Hall–Kier alpha value is -0.703. The molecule has 0 nitrogen and oxygen atoms in total. The zero-order valence-corrected chi connectivity index (χ0v) is 9.14. The third kappa shape index (κ3) is 2.62. The molecule has 0 amide bonds. The molecule has 1 aromatic rings. The van der Waals surface area contributed by atoms with Gasteiger partial charge in [0.2, 0.25) is 0 Å². The van der Waals surface area contributed by atoms with Crippen molar-refractivity contribution in [2.24, 2.45) is 0 Å². The Morgan fingerprint density at radius 1 is 1.00 bits per heavy atom. The van der Waals surface area contributed by atoms with Crippen molar-refractivity contribution in [1.82, 2.24) is 0 Å². The van der Waals surface area contributed by atoms with E-state index in [2.05, 4.69) is 19.6 Å². The first-order chi connectivity index (χ1) is 5.91. The molecule has 0 fully saturated rings. The van der Waals surface area contributed by atoms with Crippen molar-refractivity contribution in [1.29, 1.82) is 0 Å². The molecule has 0 unspecified atom stereocenters. The highest BCUT2D eigenvalue weighted by Crippen LogP contribution is 2.17. The zero-order chi connectivity index (χ0) is 10.1. The van der Waals surface area contributed by atoms with E-state index in [4.69, 9.17) is 0 Å². The van der Waals surface area contributed by atoms with Crippen molar-refractivity contribution < 1.29 is 8.78 Å². The minimum Gasteiger partial charge on any atom is -0.205 e. The Bertz CT molecular complexity index is 272. The van der Waals surface area contributed by atoms with E-state index in [1.54, 1.807) is 0 Å². The molecule has 0 heterocycles. The summed E-state index contributed by atoms with van der Waals surface area (Å²) in [5, 5.41) is 1.22. The van der Waals surface area contributed by atoms with Gasteiger partial charge in [0.05, 0.1) is 8.07 Å². The maximum atomic E-state index is 12.2. The number of rotatable bonds is 2. The van der Waals surface area contributed by atoms with Crippen LogP contribution in [0.15, 0.2) is 24.3 Å². The molecule has 0 N–H and O–H groups in total. The van der Waals surface area contributed by atoms with Gasteiger partial charge in [-0.05, 0) is 0 Å². The lowest BCUT2D eigenvalue weighted by atomic mass is 10.2. The molecule has 0 aliphatic rings. The summed E-state index contributed by atoms with van der Waals surface area (Å²) in [7, 11) is -1.34. The summed E-state index contributed by atoms with van der Waals surface area (Å²) in [5.41, 5.74) is 0.113. The fourth-order valence-electron chi connectivity index (χ4n) is 1.13. The molecule has 0 saturated carbocycles. The van der Waals surface area contributed by atoms with Gasteiger partial charge in [-0.25, -0.2) is 8.78 Å². The number of halogens is 2. The van der Waals surface area contributed by atoms with Gasteiger partial charge in [-0.2, -0.15) is 0 Å². The average Bonchev–Trinajstić information content (AvgIpc) is 2.03. The van der Waals surface area contributed by atoms with Crippen LogP contribution in [-0.2, 0) is 0 Å². The topological polar surface area (TPSA) is 0 Å². The van der Waals surface area contributed by atoms with Crippen LogP contribution in [0.4, 0.5) is 8.78 Å². The van der Waals surface area contributed by atoms with Crippen molar-refractivity contribution in [2.75, 3.05) is 0 Å². The van der Waals surface area contributed by atoms with Crippen molar-refractivity contribution in [3.05, 3.63) is 29.8 Å². The Labute approximate surface area is 78.6 Å². The SMILES string of the molecule is C[Si](C)(C)c1ccc(C(F)F)cc1. The zero-order valence-electron chi connectivity index (χ0n) is 8.14. The van der Waals surface area contributed by atoms with Crippen molar-refractivity contribution in [2.45, 2.75) is 26.1 Å². The predicted octanol–water partition coefficient (Wildman–Crippen LogP) is 3.17. The van der Waals surface area contributed by atoms with Crippen LogP contribution in [-0.4, -0.2) is 8.07 Å². The summed E-state index contributed by atoms with van der Waals surface area (Å²) >= 11 is 0. The maximum Gasteiger partial charge on any atom is 0.263 e. The first-order valence-corrected chi connectivity index (χ1v) is 7.80. The molecule has 3 heteroatoms. The van der Waals surface area contributed by atoms with E-state index in [-0.39, 0.29) is 5.56 Å². The van der Waals surface area contributed by atoms with Gasteiger partial charge in [0.1, 0.15) is 0 Å². The minimum atomic E-state index is -2.35. The summed E-state index contributed by atoms with van der Waals surface area (Å²) < 4.78 is 24.4. The standard InChI is InChI=1S/C10H14F2Si/c1-13(2,3)9-6-4-8(5-7-9)10(11)12/h4-7,10H,1-3H3. The van der Waals surface area contributed by atoms with Crippen molar-refractivity contribution in [3.8, 4) is 0 Å². The fourth-order valence-corrected chi connectivity index (χ4v) is 2.30. The van der Waals surface area contributed by atoms with Gasteiger partial charge in [-0.3, -0.25) is 0 Å². The Morgan fingerprint density at radius 3 is 1.77 bits per heavy atom.